The SMILES string of the molecule is CC(c1ccc(C(F)(F)C(F)(F)F)cc1F)N(C)C=O. The van der Waals surface area contributed by atoms with Crippen LogP contribution in [0.15, 0.2) is 18.2 Å². The lowest BCUT2D eigenvalue weighted by Crippen LogP contribution is -2.33. The summed E-state index contributed by atoms with van der Waals surface area (Å²) < 4.78 is 76.3. The first kappa shape index (κ1) is 16.3. The minimum atomic E-state index is -5.80. The normalized spacial score (nSPS) is 14.0. The maximum atomic E-state index is 13.7. The third-order valence-corrected chi connectivity index (χ3v) is 2.95. The molecule has 0 fully saturated rings. The molecule has 1 aromatic carbocycles. The predicted octanol–water partition coefficient (Wildman–Crippen LogP) is 3.63. The first-order valence-electron chi connectivity index (χ1n) is 5.44. The van der Waals surface area contributed by atoms with Crippen LogP contribution >= 0.6 is 0 Å². The van der Waals surface area contributed by atoms with Crippen LogP contribution in [0, 0.1) is 5.82 Å². The van der Waals surface area contributed by atoms with Crippen LogP contribution in [0.5, 0.6) is 0 Å². The largest absolute Gasteiger partial charge is 0.458 e. The number of nitrogens with zero attached hydrogens (tertiary/aromatic N) is 1. The zero-order valence-electron chi connectivity index (χ0n) is 10.5. The fraction of sp³-hybridized carbons (Fsp3) is 0.417. The van der Waals surface area contributed by atoms with Crippen molar-refractivity contribution in [1.82, 2.24) is 4.90 Å². The van der Waals surface area contributed by atoms with Gasteiger partial charge >= 0.3 is 12.1 Å². The molecule has 0 aliphatic carbocycles. The fourth-order valence-electron chi connectivity index (χ4n) is 1.54. The molecular formula is C12H11F6NO. The first-order valence-corrected chi connectivity index (χ1v) is 5.44. The number of hydrogen-bond donors (Lipinski definition) is 0. The van der Waals surface area contributed by atoms with E-state index in [2.05, 4.69) is 0 Å². The minimum Gasteiger partial charge on any atom is -0.341 e. The van der Waals surface area contributed by atoms with Gasteiger partial charge in [0.15, 0.2) is 0 Å². The van der Waals surface area contributed by atoms with E-state index in [1.807, 2.05) is 0 Å². The molecule has 0 N–H and O–H groups in total. The molecule has 1 atom stereocenters. The Morgan fingerprint density at radius 2 is 1.75 bits per heavy atom. The number of hydrogen-bond acceptors (Lipinski definition) is 1. The molecule has 0 aliphatic heterocycles. The van der Waals surface area contributed by atoms with Crippen LogP contribution in [0.3, 0.4) is 0 Å². The second-order valence-electron chi connectivity index (χ2n) is 4.26. The van der Waals surface area contributed by atoms with Gasteiger partial charge in [0.05, 0.1) is 6.04 Å². The van der Waals surface area contributed by atoms with Gasteiger partial charge in [-0.3, -0.25) is 4.79 Å². The van der Waals surface area contributed by atoms with Crippen LogP contribution in [0.1, 0.15) is 24.1 Å². The van der Waals surface area contributed by atoms with Crippen molar-refractivity contribution in [3.63, 3.8) is 0 Å². The number of rotatable bonds is 4. The van der Waals surface area contributed by atoms with Crippen molar-refractivity contribution in [2.75, 3.05) is 7.05 Å². The van der Waals surface area contributed by atoms with Gasteiger partial charge in [0.2, 0.25) is 6.41 Å². The number of amides is 1. The predicted molar refractivity (Wildman–Crippen MR) is 58.6 cm³/mol. The Kier molecular flexibility index (Phi) is 4.36. The molecule has 1 aromatic rings. The molecule has 0 aromatic heterocycles. The fourth-order valence-corrected chi connectivity index (χ4v) is 1.54. The number of alkyl halides is 5. The molecule has 1 rings (SSSR count). The summed E-state index contributed by atoms with van der Waals surface area (Å²) in [6.45, 7) is 1.41. The zero-order valence-corrected chi connectivity index (χ0v) is 10.5. The summed E-state index contributed by atoms with van der Waals surface area (Å²) >= 11 is 0. The Balaban J connectivity index is 3.21. The highest BCUT2D eigenvalue weighted by molar-refractivity contribution is 5.48. The van der Waals surface area contributed by atoms with Crippen LogP contribution in [0.2, 0.25) is 0 Å². The summed E-state index contributed by atoms with van der Waals surface area (Å²) in [6.07, 6.45) is -5.41. The quantitative estimate of drug-likeness (QED) is 0.614. The molecule has 112 valence electrons. The van der Waals surface area contributed by atoms with E-state index in [4.69, 9.17) is 0 Å². The Hall–Kier alpha value is -1.73. The van der Waals surface area contributed by atoms with E-state index < -0.39 is 29.5 Å². The zero-order chi connectivity index (χ0) is 15.7. The average molecular weight is 299 g/mol. The van der Waals surface area contributed by atoms with E-state index in [1.54, 1.807) is 0 Å². The highest BCUT2D eigenvalue weighted by atomic mass is 19.4. The maximum Gasteiger partial charge on any atom is 0.458 e. The van der Waals surface area contributed by atoms with Gasteiger partial charge < -0.3 is 4.90 Å². The minimum absolute atomic E-state index is 0.137. The summed E-state index contributed by atoms with van der Waals surface area (Å²) in [5, 5.41) is 0. The molecule has 20 heavy (non-hydrogen) atoms. The molecule has 1 unspecified atom stereocenters. The number of carbonyl (C=O) groups is 1. The van der Waals surface area contributed by atoms with Gasteiger partial charge in [-0.25, -0.2) is 4.39 Å². The van der Waals surface area contributed by atoms with Gasteiger partial charge in [0.1, 0.15) is 5.82 Å². The molecule has 1 amide bonds. The molecule has 0 radical (unpaired) electrons. The molecular weight excluding hydrogens is 288 g/mol. The lowest BCUT2D eigenvalue weighted by Gasteiger charge is -2.23. The average Bonchev–Trinajstić information content (AvgIpc) is 2.35. The molecule has 0 spiro atoms. The smallest absolute Gasteiger partial charge is 0.341 e. The van der Waals surface area contributed by atoms with Crippen LogP contribution < -0.4 is 0 Å². The van der Waals surface area contributed by atoms with Gasteiger partial charge in [0.25, 0.3) is 0 Å². The molecule has 0 saturated carbocycles. The second-order valence-corrected chi connectivity index (χ2v) is 4.26. The summed E-state index contributed by atoms with van der Waals surface area (Å²) in [6, 6.07) is 0.662. The highest BCUT2D eigenvalue weighted by Crippen LogP contribution is 2.44. The van der Waals surface area contributed by atoms with E-state index >= 15 is 0 Å². The number of benzene rings is 1. The summed E-state index contributed by atoms with van der Waals surface area (Å²) in [5.41, 5.74) is -1.63. The topological polar surface area (TPSA) is 20.3 Å². The van der Waals surface area contributed by atoms with Gasteiger partial charge in [-0.05, 0) is 13.0 Å². The van der Waals surface area contributed by atoms with Gasteiger partial charge in [0, 0.05) is 18.2 Å². The summed E-state index contributed by atoms with van der Waals surface area (Å²) in [4.78, 5) is 11.6. The van der Waals surface area contributed by atoms with Crippen LogP contribution in [0.4, 0.5) is 26.3 Å². The Morgan fingerprint density at radius 1 is 1.20 bits per heavy atom. The highest BCUT2D eigenvalue weighted by Gasteiger charge is 2.58. The molecule has 2 nitrogen and oxygen atoms in total. The lowest BCUT2D eigenvalue weighted by atomic mass is 10.0. The third-order valence-electron chi connectivity index (χ3n) is 2.95. The third kappa shape index (κ3) is 2.88. The van der Waals surface area contributed by atoms with Crippen molar-refractivity contribution < 1.29 is 31.1 Å². The Labute approximate surface area is 111 Å². The van der Waals surface area contributed by atoms with Crippen LogP contribution in [-0.2, 0) is 10.7 Å². The molecule has 0 bridgehead atoms. The summed E-state index contributed by atoms with van der Waals surface area (Å²) in [7, 11) is 1.33. The van der Waals surface area contributed by atoms with Crippen molar-refractivity contribution in [2.45, 2.75) is 25.1 Å². The van der Waals surface area contributed by atoms with Crippen molar-refractivity contribution in [3.8, 4) is 0 Å². The van der Waals surface area contributed by atoms with Crippen molar-refractivity contribution in [1.29, 1.82) is 0 Å². The molecule has 0 saturated heterocycles. The number of halogens is 6. The van der Waals surface area contributed by atoms with Crippen molar-refractivity contribution in [2.24, 2.45) is 0 Å². The van der Waals surface area contributed by atoms with E-state index in [0.717, 1.165) is 11.0 Å². The van der Waals surface area contributed by atoms with E-state index in [9.17, 15) is 31.1 Å². The monoisotopic (exact) mass is 299 g/mol. The molecule has 8 heteroatoms. The van der Waals surface area contributed by atoms with E-state index in [0.29, 0.717) is 12.5 Å². The Morgan fingerprint density at radius 3 is 2.15 bits per heavy atom. The second kappa shape index (κ2) is 5.34. The summed E-state index contributed by atoms with van der Waals surface area (Å²) in [5.74, 6) is -6.36. The lowest BCUT2D eigenvalue weighted by molar-refractivity contribution is -0.289. The Bertz CT molecular complexity index is 499. The van der Waals surface area contributed by atoms with Crippen LogP contribution in [-0.4, -0.2) is 24.5 Å². The first-order chi connectivity index (χ1) is 9.02. The van der Waals surface area contributed by atoms with Crippen molar-refractivity contribution >= 4 is 6.41 Å². The van der Waals surface area contributed by atoms with Gasteiger partial charge in [-0.15, -0.1) is 0 Å². The molecule has 0 heterocycles. The van der Waals surface area contributed by atoms with Gasteiger partial charge in [-0.1, -0.05) is 12.1 Å². The maximum absolute atomic E-state index is 13.7. The van der Waals surface area contributed by atoms with Crippen LogP contribution in [0.25, 0.3) is 0 Å². The number of carbonyl (C=O) groups excluding carboxylic acids is 1. The standard InChI is InChI=1S/C12H11F6NO/c1-7(19(2)6-20)9-4-3-8(5-10(9)13)11(14,15)12(16,17)18/h3-7H,1-2H3. The molecule has 0 aliphatic rings. The van der Waals surface area contributed by atoms with E-state index in [-0.39, 0.29) is 11.6 Å². The van der Waals surface area contributed by atoms with Gasteiger partial charge in [-0.2, -0.15) is 22.0 Å². The van der Waals surface area contributed by atoms with Crippen molar-refractivity contribution in [3.05, 3.63) is 35.1 Å². The van der Waals surface area contributed by atoms with E-state index in [1.165, 1.54) is 14.0 Å².